The van der Waals surface area contributed by atoms with E-state index < -0.39 is 11.6 Å². The van der Waals surface area contributed by atoms with Crippen LogP contribution >= 0.6 is 11.6 Å². The number of aromatic nitrogens is 1. The van der Waals surface area contributed by atoms with Crippen LogP contribution in [-0.4, -0.2) is 37.1 Å². The van der Waals surface area contributed by atoms with Crippen molar-refractivity contribution in [1.82, 2.24) is 4.98 Å². The summed E-state index contributed by atoms with van der Waals surface area (Å²) in [6, 6.07) is 1.28. The molecule has 4 nitrogen and oxygen atoms in total. The molecule has 0 N–H and O–H groups in total. The third-order valence-corrected chi connectivity index (χ3v) is 3.53. The summed E-state index contributed by atoms with van der Waals surface area (Å²) in [5, 5.41) is 0.302. The minimum atomic E-state index is -0.577. The Balaban J connectivity index is 1.83. The number of hydrogen-bond acceptors (Lipinski definition) is 4. The fourth-order valence-corrected chi connectivity index (χ4v) is 2.69. The number of nitrogens with zero attached hydrogens (tertiary/aromatic N) is 2. The van der Waals surface area contributed by atoms with E-state index >= 15 is 0 Å². The normalized spacial score (nSPS) is 22.7. The lowest BCUT2D eigenvalue weighted by Crippen LogP contribution is -2.49. The van der Waals surface area contributed by atoms with Crippen molar-refractivity contribution in [1.29, 1.82) is 0 Å². The Bertz CT molecular complexity index is 452. The number of rotatable bonds is 1. The smallest absolute Gasteiger partial charge is 0.186 e. The van der Waals surface area contributed by atoms with E-state index in [1.807, 2.05) is 4.90 Å². The van der Waals surface area contributed by atoms with Crippen LogP contribution in [-0.2, 0) is 9.47 Å². The van der Waals surface area contributed by atoms with Crippen molar-refractivity contribution < 1.29 is 13.9 Å². The predicted molar refractivity (Wildman–Crippen MR) is 65.3 cm³/mol. The number of hydrogen-bond donors (Lipinski definition) is 0. The molecule has 2 fully saturated rings. The van der Waals surface area contributed by atoms with E-state index in [9.17, 15) is 4.39 Å². The maximum absolute atomic E-state index is 13.8. The lowest BCUT2D eigenvalue weighted by atomic mass is 10.0. The summed E-state index contributed by atoms with van der Waals surface area (Å²) in [6.07, 6.45) is 3.19. The molecule has 0 atom stereocenters. The van der Waals surface area contributed by atoms with Gasteiger partial charge in [-0.25, -0.2) is 9.37 Å². The molecule has 3 heterocycles. The van der Waals surface area contributed by atoms with Crippen molar-refractivity contribution in [2.24, 2.45) is 0 Å². The molecule has 1 aromatic rings. The van der Waals surface area contributed by atoms with Gasteiger partial charge < -0.3 is 14.4 Å². The van der Waals surface area contributed by atoms with Crippen LogP contribution < -0.4 is 4.90 Å². The molecule has 0 unspecified atom stereocenters. The third kappa shape index (κ3) is 2.18. The van der Waals surface area contributed by atoms with Crippen molar-refractivity contribution in [2.75, 3.05) is 31.2 Å². The van der Waals surface area contributed by atoms with Crippen LogP contribution in [0.25, 0.3) is 0 Å². The van der Waals surface area contributed by atoms with Crippen LogP contribution in [0.4, 0.5) is 10.2 Å². The summed E-state index contributed by atoms with van der Waals surface area (Å²) in [5.74, 6) is -0.665. The Labute approximate surface area is 110 Å². The van der Waals surface area contributed by atoms with Gasteiger partial charge >= 0.3 is 0 Å². The van der Waals surface area contributed by atoms with Crippen molar-refractivity contribution in [2.45, 2.75) is 18.6 Å². The molecule has 0 aliphatic carbocycles. The van der Waals surface area contributed by atoms with Gasteiger partial charge in [0.25, 0.3) is 0 Å². The number of pyridine rings is 1. The number of halogens is 2. The van der Waals surface area contributed by atoms with Gasteiger partial charge in [0.1, 0.15) is 0 Å². The second kappa shape index (κ2) is 4.64. The van der Waals surface area contributed by atoms with Gasteiger partial charge in [0.15, 0.2) is 17.4 Å². The number of anilines is 1. The van der Waals surface area contributed by atoms with Gasteiger partial charge in [-0.2, -0.15) is 0 Å². The summed E-state index contributed by atoms with van der Waals surface area (Å²) in [5.41, 5.74) is 0. The number of piperidine rings is 1. The Morgan fingerprint density at radius 2 is 2.17 bits per heavy atom. The summed E-state index contributed by atoms with van der Waals surface area (Å²) >= 11 is 5.71. The molecule has 0 radical (unpaired) electrons. The Morgan fingerprint density at radius 3 is 2.89 bits per heavy atom. The zero-order chi connectivity index (χ0) is 12.6. The molecule has 2 aliphatic heterocycles. The van der Waals surface area contributed by atoms with Crippen LogP contribution in [0.5, 0.6) is 0 Å². The molecule has 0 bridgehead atoms. The molecular weight excluding hydrogens is 259 g/mol. The van der Waals surface area contributed by atoms with Gasteiger partial charge in [-0.3, -0.25) is 0 Å². The average molecular weight is 273 g/mol. The highest BCUT2D eigenvalue weighted by Gasteiger charge is 2.41. The van der Waals surface area contributed by atoms with Gasteiger partial charge in [0.2, 0.25) is 0 Å². The van der Waals surface area contributed by atoms with Gasteiger partial charge in [0.05, 0.1) is 24.8 Å². The van der Waals surface area contributed by atoms with Gasteiger partial charge in [-0.05, 0) is 12.5 Å². The summed E-state index contributed by atoms with van der Waals surface area (Å²) in [6.45, 7) is 2.47. The quantitative estimate of drug-likeness (QED) is 0.785. The highest BCUT2D eigenvalue weighted by Crippen LogP contribution is 2.33. The molecule has 3 rings (SSSR count). The molecule has 0 amide bonds. The first-order valence-corrected chi connectivity index (χ1v) is 6.40. The summed E-state index contributed by atoms with van der Waals surface area (Å²) < 4.78 is 25.2. The lowest BCUT2D eigenvalue weighted by Gasteiger charge is -2.39. The zero-order valence-electron chi connectivity index (χ0n) is 9.86. The topological polar surface area (TPSA) is 34.6 Å². The first-order valence-electron chi connectivity index (χ1n) is 6.02. The standard InChI is InChI=1S/C12H14ClFN2O2/c13-9-6-10(14)11(15-7-9)16-3-1-2-12(8-16)17-4-5-18-12/h6-7H,1-5,8H2. The fourth-order valence-electron chi connectivity index (χ4n) is 2.54. The van der Waals surface area contributed by atoms with Crippen molar-refractivity contribution >= 4 is 17.4 Å². The summed E-state index contributed by atoms with van der Waals surface area (Å²) in [7, 11) is 0. The van der Waals surface area contributed by atoms with E-state index in [0.29, 0.717) is 30.6 Å². The second-order valence-electron chi connectivity index (χ2n) is 4.59. The van der Waals surface area contributed by atoms with E-state index in [4.69, 9.17) is 21.1 Å². The molecule has 2 aliphatic rings. The van der Waals surface area contributed by atoms with Crippen LogP contribution in [0.1, 0.15) is 12.8 Å². The minimum absolute atomic E-state index is 0.302. The van der Waals surface area contributed by atoms with E-state index in [-0.39, 0.29) is 0 Å². The SMILES string of the molecule is Fc1cc(Cl)cnc1N1CCCC2(C1)OCCO2. The maximum atomic E-state index is 13.8. The zero-order valence-corrected chi connectivity index (χ0v) is 10.6. The van der Waals surface area contributed by atoms with Crippen LogP contribution in [0.3, 0.4) is 0 Å². The monoisotopic (exact) mass is 272 g/mol. The Kier molecular flexibility index (Phi) is 3.13. The average Bonchev–Trinajstić information content (AvgIpc) is 2.77. The van der Waals surface area contributed by atoms with Crippen LogP contribution in [0.2, 0.25) is 5.02 Å². The van der Waals surface area contributed by atoms with Crippen molar-refractivity contribution in [3.8, 4) is 0 Å². The number of ether oxygens (including phenoxy) is 2. The van der Waals surface area contributed by atoms with Gasteiger partial charge in [-0.15, -0.1) is 0 Å². The van der Waals surface area contributed by atoms with Gasteiger partial charge in [-0.1, -0.05) is 11.6 Å². The first-order chi connectivity index (χ1) is 8.69. The lowest BCUT2D eigenvalue weighted by molar-refractivity contribution is -0.161. The van der Waals surface area contributed by atoms with Crippen LogP contribution in [0.15, 0.2) is 12.3 Å². The van der Waals surface area contributed by atoms with Gasteiger partial charge in [0, 0.05) is 19.2 Å². The first kappa shape index (κ1) is 12.1. The molecular formula is C12H14ClFN2O2. The van der Waals surface area contributed by atoms with Crippen molar-refractivity contribution in [3.63, 3.8) is 0 Å². The molecule has 18 heavy (non-hydrogen) atoms. The van der Waals surface area contributed by atoms with E-state index in [0.717, 1.165) is 19.4 Å². The van der Waals surface area contributed by atoms with E-state index in [1.54, 1.807) is 0 Å². The molecule has 0 saturated carbocycles. The Morgan fingerprint density at radius 1 is 1.39 bits per heavy atom. The molecule has 6 heteroatoms. The van der Waals surface area contributed by atoms with Crippen molar-refractivity contribution in [3.05, 3.63) is 23.1 Å². The minimum Gasteiger partial charge on any atom is -0.349 e. The highest BCUT2D eigenvalue weighted by atomic mass is 35.5. The molecule has 2 saturated heterocycles. The van der Waals surface area contributed by atoms with E-state index in [1.165, 1.54) is 12.3 Å². The molecule has 1 spiro atoms. The molecule has 1 aromatic heterocycles. The Hall–Kier alpha value is -0.910. The van der Waals surface area contributed by atoms with Crippen LogP contribution in [0, 0.1) is 5.82 Å². The summed E-state index contributed by atoms with van der Waals surface area (Å²) in [4.78, 5) is 5.93. The second-order valence-corrected chi connectivity index (χ2v) is 5.03. The maximum Gasteiger partial charge on any atom is 0.186 e. The van der Waals surface area contributed by atoms with E-state index in [2.05, 4.69) is 4.98 Å². The molecule has 0 aromatic carbocycles. The predicted octanol–water partition coefficient (Wildman–Crippen LogP) is 2.22. The fraction of sp³-hybridized carbons (Fsp3) is 0.583. The highest BCUT2D eigenvalue weighted by molar-refractivity contribution is 6.30. The molecule has 98 valence electrons. The third-order valence-electron chi connectivity index (χ3n) is 3.32. The largest absolute Gasteiger partial charge is 0.349 e.